The smallest absolute Gasteiger partial charge is 0.225 e. The summed E-state index contributed by atoms with van der Waals surface area (Å²) >= 11 is 0. The van der Waals surface area contributed by atoms with Crippen molar-refractivity contribution in [1.29, 1.82) is 0 Å². The first-order chi connectivity index (χ1) is 7.36. The van der Waals surface area contributed by atoms with Crippen LogP contribution in [0.3, 0.4) is 0 Å². The molecule has 3 nitrogen and oxygen atoms in total. The van der Waals surface area contributed by atoms with E-state index in [1.807, 2.05) is 12.1 Å². The summed E-state index contributed by atoms with van der Waals surface area (Å²) in [5, 5.41) is 5.06. The molecule has 1 aromatic rings. The van der Waals surface area contributed by atoms with Crippen molar-refractivity contribution >= 4 is 10.0 Å². The van der Waals surface area contributed by atoms with Crippen LogP contribution in [0.2, 0.25) is 0 Å². The molecule has 16 heavy (non-hydrogen) atoms. The van der Waals surface area contributed by atoms with E-state index in [0.29, 0.717) is 5.92 Å². The van der Waals surface area contributed by atoms with E-state index in [0.717, 1.165) is 0 Å². The fraction of sp³-hybridized carbons (Fsp3) is 0.500. The lowest BCUT2D eigenvalue weighted by Gasteiger charge is -2.20. The predicted molar refractivity (Wildman–Crippen MR) is 63.6 cm³/mol. The molecule has 0 saturated heterocycles. The van der Waals surface area contributed by atoms with E-state index in [-0.39, 0.29) is 10.3 Å². The third-order valence-corrected chi connectivity index (χ3v) is 4.58. The van der Waals surface area contributed by atoms with Gasteiger partial charge >= 0.3 is 0 Å². The summed E-state index contributed by atoms with van der Waals surface area (Å²) in [7, 11) is -3.56. The number of benzene rings is 1. The third-order valence-electron chi connectivity index (χ3n) is 3.65. The standard InChI is InChI=1S/C12H17NO2S/c1-9(2)12(7-8-12)10-3-5-11(6-4-10)16(13,14)15/h3-6,9H,7-8H2,1-2H3,(H2,13,14,15). The van der Waals surface area contributed by atoms with Crippen LogP contribution < -0.4 is 5.14 Å². The SMILES string of the molecule is CC(C)C1(c2ccc(S(N)(=O)=O)cc2)CC1. The Hall–Kier alpha value is -0.870. The largest absolute Gasteiger partial charge is 0.238 e. The topological polar surface area (TPSA) is 60.2 Å². The Morgan fingerprint density at radius 2 is 1.69 bits per heavy atom. The number of nitrogens with two attached hydrogens (primary N) is 1. The monoisotopic (exact) mass is 239 g/mol. The van der Waals surface area contributed by atoms with Crippen LogP contribution in [-0.2, 0) is 15.4 Å². The molecule has 0 bridgehead atoms. The molecular formula is C12H17NO2S. The van der Waals surface area contributed by atoms with Crippen LogP contribution in [0.15, 0.2) is 29.2 Å². The molecule has 0 radical (unpaired) electrons. The zero-order valence-corrected chi connectivity index (χ0v) is 10.4. The van der Waals surface area contributed by atoms with Gasteiger partial charge in [0, 0.05) is 0 Å². The van der Waals surface area contributed by atoms with Crippen molar-refractivity contribution in [3.63, 3.8) is 0 Å². The number of rotatable bonds is 3. The van der Waals surface area contributed by atoms with E-state index < -0.39 is 10.0 Å². The molecule has 4 heteroatoms. The summed E-state index contributed by atoms with van der Waals surface area (Å²) in [6.45, 7) is 4.42. The molecule has 0 atom stereocenters. The van der Waals surface area contributed by atoms with Gasteiger partial charge in [-0.2, -0.15) is 0 Å². The number of sulfonamides is 1. The van der Waals surface area contributed by atoms with Gasteiger partial charge in [-0.3, -0.25) is 0 Å². The number of hydrogen-bond donors (Lipinski definition) is 1. The Bertz CT molecular complexity index is 484. The minimum Gasteiger partial charge on any atom is -0.225 e. The van der Waals surface area contributed by atoms with Gasteiger partial charge in [0.2, 0.25) is 10.0 Å². The second kappa shape index (κ2) is 3.57. The molecule has 1 aliphatic rings. The zero-order valence-electron chi connectivity index (χ0n) is 9.60. The highest BCUT2D eigenvalue weighted by molar-refractivity contribution is 7.89. The third kappa shape index (κ3) is 1.87. The van der Waals surface area contributed by atoms with E-state index in [1.54, 1.807) is 12.1 Å². The van der Waals surface area contributed by atoms with Crippen LogP contribution in [-0.4, -0.2) is 8.42 Å². The minimum absolute atomic E-state index is 0.191. The van der Waals surface area contributed by atoms with Gasteiger partial charge in [-0.1, -0.05) is 26.0 Å². The van der Waals surface area contributed by atoms with E-state index in [2.05, 4.69) is 13.8 Å². The lowest BCUT2D eigenvalue weighted by Crippen LogP contribution is -2.16. The lowest BCUT2D eigenvalue weighted by molar-refractivity contribution is 0.481. The Balaban J connectivity index is 2.34. The molecule has 0 aliphatic heterocycles. The molecule has 88 valence electrons. The highest BCUT2D eigenvalue weighted by Crippen LogP contribution is 2.53. The second-order valence-electron chi connectivity index (χ2n) is 4.88. The first-order valence-electron chi connectivity index (χ1n) is 5.50. The summed E-state index contributed by atoms with van der Waals surface area (Å²) in [6, 6.07) is 7.00. The Labute approximate surface area is 96.7 Å². The second-order valence-corrected chi connectivity index (χ2v) is 6.44. The van der Waals surface area contributed by atoms with Gasteiger partial charge in [0.1, 0.15) is 0 Å². The molecule has 2 rings (SSSR count). The highest BCUT2D eigenvalue weighted by atomic mass is 32.2. The maximum absolute atomic E-state index is 11.1. The van der Waals surface area contributed by atoms with Crippen molar-refractivity contribution in [2.45, 2.75) is 37.0 Å². The van der Waals surface area contributed by atoms with E-state index in [1.165, 1.54) is 18.4 Å². The average Bonchev–Trinajstić information content (AvgIpc) is 2.97. The molecule has 0 heterocycles. The van der Waals surface area contributed by atoms with Gasteiger partial charge in [0.25, 0.3) is 0 Å². The highest BCUT2D eigenvalue weighted by Gasteiger charge is 2.46. The van der Waals surface area contributed by atoms with Crippen LogP contribution >= 0.6 is 0 Å². The van der Waals surface area contributed by atoms with Gasteiger partial charge in [0.15, 0.2) is 0 Å². The van der Waals surface area contributed by atoms with Crippen molar-refractivity contribution < 1.29 is 8.42 Å². The normalized spacial score (nSPS) is 18.8. The molecule has 0 unspecified atom stereocenters. The predicted octanol–water partition coefficient (Wildman–Crippen LogP) is 2.02. The summed E-state index contributed by atoms with van der Waals surface area (Å²) in [6.07, 6.45) is 2.39. The molecule has 2 N–H and O–H groups in total. The van der Waals surface area contributed by atoms with Crippen molar-refractivity contribution in [3.8, 4) is 0 Å². The Morgan fingerprint density at radius 1 is 1.19 bits per heavy atom. The van der Waals surface area contributed by atoms with Crippen LogP contribution in [0.5, 0.6) is 0 Å². The maximum Gasteiger partial charge on any atom is 0.238 e. The molecule has 1 aliphatic carbocycles. The van der Waals surface area contributed by atoms with E-state index in [9.17, 15) is 8.42 Å². The quantitative estimate of drug-likeness (QED) is 0.877. The first kappa shape index (κ1) is 11.6. The van der Waals surface area contributed by atoms with Crippen molar-refractivity contribution in [2.75, 3.05) is 0 Å². The van der Waals surface area contributed by atoms with E-state index in [4.69, 9.17) is 5.14 Å². The molecule has 0 spiro atoms. The molecule has 1 saturated carbocycles. The van der Waals surface area contributed by atoms with Crippen molar-refractivity contribution in [1.82, 2.24) is 0 Å². The van der Waals surface area contributed by atoms with Gasteiger partial charge in [-0.05, 0) is 41.9 Å². The maximum atomic E-state index is 11.1. The average molecular weight is 239 g/mol. The first-order valence-corrected chi connectivity index (χ1v) is 7.04. The van der Waals surface area contributed by atoms with Gasteiger partial charge < -0.3 is 0 Å². The Morgan fingerprint density at radius 3 is 2.00 bits per heavy atom. The fourth-order valence-corrected chi connectivity index (χ4v) is 2.83. The van der Waals surface area contributed by atoms with Gasteiger partial charge in [-0.25, -0.2) is 13.6 Å². The summed E-state index contributed by atoms with van der Waals surface area (Å²) < 4.78 is 22.2. The summed E-state index contributed by atoms with van der Waals surface area (Å²) in [5.41, 5.74) is 1.51. The number of primary sulfonamides is 1. The molecule has 0 amide bonds. The molecule has 1 fully saturated rings. The lowest BCUT2D eigenvalue weighted by atomic mass is 9.85. The zero-order chi connectivity index (χ0) is 12.0. The van der Waals surface area contributed by atoms with E-state index >= 15 is 0 Å². The van der Waals surface area contributed by atoms with Crippen molar-refractivity contribution in [3.05, 3.63) is 29.8 Å². The minimum atomic E-state index is -3.56. The number of hydrogen-bond acceptors (Lipinski definition) is 2. The Kier molecular flexibility index (Phi) is 2.59. The summed E-state index contributed by atoms with van der Waals surface area (Å²) in [4.78, 5) is 0.191. The van der Waals surface area contributed by atoms with Gasteiger partial charge in [-0.15, -0.1) is 0 Å². The van der Waals surface area contributed by atoms with Crippen molar-refractivity contribution in [2.24, 2.45) is 11.1 Å². The van der Waals surface area contributed by atoms with Gasteiger partial charge in [0.05, 0.1) is 4.90 Å². The molecule has 1 aromatic carbocycles. The summed E-state index contributed by atoms with van der Waals surface area (Å²) in [5.74, 6) is 0.591. The van der Waals surface area contributed by atoms with Crippen LogP contribution in [0.25, 0.3) is 0 Å². The molecule has 0 aromatic heterocycles. The van der Waals surface area contributed by atoms with Crippen LogP contribution in [0, 0.1) is 5.92 Å². The van der Waals surface area contributed by atoms with Crippen LogP contribution in [0.4, 0.5) is 0 Å². The van der Waals surface area contributed by atoms with Crippen LogP contribution in [0.1, 0.15) is 32.3 Å². The fourth-order valence-electron chi connectivity index (χ4n) is 2.31. The molecular weight excluding hydrogens is 222 g/mol.